The van der Waals surface area contributed by atoms with E-state index in [1.54, 1.807) is 23.1 Å². The second-order valence-corrected chi connectivity index (χ2v) is 12.0. The lowest BCUT2D eigenvalue weighted by molar-refractivity contribution is -0.131. The number of nitrogens with one attached hydrogen (secondary N) is 1. The van der Waals surface area contributed by atoms with Crippen LogP contribution in [0.2, 0.25) is 10.0 Å². The van der Waals surface area contributed by atoms with Gasteiger partial charge in [0.05, 0.1) is 11.5 Å². The maximum absolute atomic E-state index is 13.8. The Morgan fingerprint density at radius 3 is 2.23 bits per heavy atom. The van der Waals surface area contributed by atoms with E-state index in [0.717, 1.165) is 24.8 Å². The van der Waals surface area contributed by atoms with Crippen LogP contribution in [-0.2, 0) is 20.8 Å². The molecule has 0 saturated carbocycles. The monoisotopic (exact) mass is 594 g/mol. The van der Waals surface area contributed by atoms with Crippen molar-refractivity contribution in [3.63, 3.8) is 0 Å². The predicted octanol–water partition coefficient (Wildman–Crippen LogP) is 4.15. The zero-order chi connectivity index (χ0) is 30.0. The van der Waals surface area contributed by atoms with Crippen molar-refractivity contribution < 1.29 is 19.5 Å². The first-order chi connectivity index (χ1) is 18.8. The molecule has 10 heteroatoms. The maximum atomic E-state index is 13.8. The zero-order valence-electron chi connectivity index (χ0n) is 24.0. The number of nitrogens with two attached hydrogens (primary N) is 2. The van der Waals surface area contributed by atoms with Crippen LogP contribution in [0.15, 0.2) is 41.5 Å². The number of benzene rings is 1. The first-order valence-corrected chi connectivity index (χ1v) is 14.8. The highest BCUT2D eigenvalue weighted by molar-refractivity contribution is 6.34. The number of hydrogen-bond donors (Lipinski definition) is 4. The van der Waals surface area contributed by atoms with Crippen LogP contribution in [0.3, 0.4) is 0 Å². The van der Waals surface area contributed by atoms with Crippen LogP contribution < -0.4 is 16.8 Å². The van der Waals surface area contributed by atoms with Gasteiger partial charge >= 0.3 is 0 Å². The number of carbonyl (C=O) groups is 3. The fourth-order valence-corrected chi connectivity index (χ4v) is 5.56. The normalized spacial score (nSPS) is 18.5. The van der Waals surface area contributed by atoms with Gasteiger partial charge in [0.1, 0.15) is 0 Å². The molecule has 40 heavy (non-hydrogen) atoms. The summed E-state index contributed by atoms with van der Waals surface area (Å²) in [5.74, 6) is -1.03. The van der Waals surface area contributed by atoms with E-state index in [4.69, 9.17) is 34.7 Å². The Bertz CT molecular complexity index is 1090. The van der Waals surface area contributed by atoms with Gasteiger partial charge in [-0.2, -0.15) is 0 Å². The summed E-state index contributed by atoms with van der Waals surface area (Å²) in [7, 11) is 0. The molecular formula is C30H44Cl2N4O4. The number of nitrogens with zero attached hydrogens (tertiary/aromatic N) is 1. The number of aliphatic hydroxyl groups is 1. The SMILES string of the molecule is CCCN(CCC)C(=O)C1=CC(C(N)=O)=CC(C[C@@H](O)[C@@H](N)Cc2cc(Cl)cc(Cl)c2)(C(=O)NCCC(C)C)C1. The van der Waals surface area contributed by atoms with Crippen molar-refractivity contribution in [3.05, 3.63) is 57.1 Å². The third-order valence-electron chi connectivity index (χ3n) is 7.02. The summed E-state index contributed by atoms with van der Waals surface area (Å²) in [6.07, 6.45) is 4.23. The number of halogens is 2. The van der Waals surface area contributed by atoms with Crippen molar-refractivity contribution in [1.29, 1.82) is 0 Å². The Morgan fingerprint density at radius 1 is 1.10 bits per heavy atom. The van der Waals surface area contributed by atoms with E-state index in [0.29, 0.717) is 41.2 Å². The fraction of sp³-hybridized carbons (Fsp3) is 0.567. The lowest BCUT2D eigenvalue weighted by Gasteiger charge is -2.37. The van der Waals surface area contributed by atoms with E-state index >= 15 is 0 Å². The summed E-state index contributed by atoms with van der Waals surface area (Å²) in [4.78, 5) is 41.6. The number of rotatable bonds is 15. The van der Waals surface area contributed by atoms with Crippen LogP contribution in [0.1, 0.15) is 65.4 Å². The van der Waals surface area contributed by atoms with Gasteiger partial charge in [-0.1, -0.05) is 57.0 Å². The highest BCUT2D eigenvalue weighted by Crippen LogP contribution is 2.40. The van der Waals surface area contributed by atoms with Gasteiger partial charge in [-0.05, 0) is 74.3 Å². The van der Waals surface area contributed by atoms with Gasteiger partial charge in [0.15, 0.2) is 0 Å². The maximum Gasteiger partial charge on any atom is 0.249 e. The van der Waals surface area contributed by atoms with E-state index in [2.05, 4.69) is 5.32 Å². The van der Waals surface area contributed by atoms with E-state index in [1.807, 2.05) is 27.7 Å². The summed E-state index contributed by atoms with van der Waals surface area (Å²) in [5, 5.41) is 15.1. The molecule has 6 N–H and O–H groups in total. The first-order valence-electron chi connectivity index (χ1n) is 14.0. The Kier molecular flexibility index (Phi) is 13.2. The summed E-state index contributed by atoms with van der Waals surface area (Å²) in [5.41, 5.74) is 11.8. The van der Waals surface area contributed by atoms with Gasteiger partial charge in [-0.25, -0.2) is 0 Å². The van der Waals surface area contributed by atoms with E-state index in [-0.39, 0.29) is 36.6 Å². The Hall–Kier alpha value is -2.39. The minimum atomic E-state index is -1.41. The molecule has 3 amide bonds. The summed E-state index contributed by atoms with van der Waals surface area (Å²) < 4.78 is 0. The van der Waals surface area contributed by atoms with Gasteiger partial charge in [0.25, 0.3) is 0 Å². The molecule has 1 aliphatic carbocycles. The highest BCUT2D eigenvalue weighted by Gasteiger charge is 2.44. The third-order valence-corrected chi connectivity index (χ3v) is 7.46. The molecule has 0 heterocycles. The van der Waals surface area contributed by atoms with E-state index in [9.17, 15) is 19.5 Å². The molecule has 0 spiro atoms. The number of primary amides is 1. The zero-order valence-corrected chi connectivity index (χ0v) is 25.5. The van der Waals surface area contributed by atoms with E-state index < -0.39 is 23.5 Å². The number of carbonyl (C=O) groups excluding carboxylic acids is 3. The van der Waals surface area contributed by atoms with Gasteiger partial charge in [0.2, 0.25) is 17.7 Å². The third kappa shape index (κ3) is 9.61. The molecule has 1 aliphatic rings. The van der Waals surface area contributed by atoms with Crippen LogP contribution in [0.4, 0.5) is 0 Å². The molecule has 0 saturated heterocycles. The lowest BCUT2D eigenvalue weighted by Crippen LogP contribution is -2.49. The summed E-state index contributed by atoms with van der Waals surface area (Å²) in [6.45, 7) is 9.56. The van der Waals surface area contributed by atoms with Gasteiger partial charge in [-0.15, -0.1) is 0 Å². The van der Waals surface area contributed by atoms with Gasteiger partial charge in [0, 0.05) is 46.9 Å². The minimum Gasteiger partial charge on any atom is -0.391 e. The highest BCUT2D eigenvalue weighted by atomic mass is 35.5. The summed E-state index contributed by atoms with van der Waals surface area (Å²) in [6, 6.07) is 4.27. The number of hydrogen-bond acceptors (Lipinski definition) is 5. The average molecular weight is 596 g/mol. The summed E-state index contributed by atoms with van der Waals surface area (Å²) >= 11 is 12.3. The predicted molar refractivity (Wildman–Crippen MR) is 161 cm³/mol. The Labute approximate surface area is 248 Å². The molecular weight excluding hydrogens is 551 g/mol. The second-order valence-electron chi connectivity index (χ2n) is 11.1. The molecule has 0 aliphatic heterocycles. The molecule has 1 aromatic carbocycles. The smallest absolute Gasteiger partial charge is 0.249 e. The molecule has 222 valence electrons. The van der Waals surface area contributed by atoms with Crippen molar-refractivity contribution in [2.24, 2.45) is 22.8 Å². The molecule has 0 fully saturated rings. The second kappa shape index (κ2) is 15.6. The Morgan fingerprint density at radius 2 is 1.70 bits per heavy atom. The van der Waals surface area contributed by atoms with Crippen LogP contribution in [-0.4, -0.2) is 59.5 Å². The molecule has 1 aromatic rings. The Balaban J connectivity index is 2.46. The van der Waals surface area contributed by atoms with Crippen molar-refractivity contribution in [1.82, 2.24) is 10.2 Å². The molecule has 0 radical (unpaired) electrons. The van der Waals surface area contributed by atoms with Gasteiger partial charge in [-0.3, -0.25) is 14.4 Å². The largest absolute Gasteiger partial charge is 0.391 e. The molecule has 8 nitrogen and oxygen atoms in total. The van der Waals surface area contributed by atoms with Crippen molar-refractivity contribution >= 4 is 40.9 Å². The topological polar surface area (TPSA) is 139 Å². The molecule has 1 unspecified atom stereocenters. The molecule has 3 atom stereocenters. The fourth-order valence-electron chi connectivity index (χ4n) is 4.99. The van der Waals surface area contributed by atoms with Crippen molar-refractivity contribution in [2.75, 3.05) is 19.6 Å². The molecule has 0 bridgehead atoms. The van der Waals surface area contributed by atoms with Crippen LogP contribution >= 0.6 is 23.2 Å². The average Bonchev–Trinajstić information content (AvgIpc) is 2.86. The van der Waals surface area contributed by atoms with Gasteiger partial charge < -0.3 is 26.8 Å². The van der Waals surface area contributed by atoms with Crippen LogP contribution in [0, 0.1) is 11.3 Å². The minimum absolute atomic E-state index is 0.00677. The number of aliphatic hydroxyl groups excluding tert-OH is 1. The lowest BCUT2D eigenvalue weighted by atomic mass is 9.70. The van der Waals surface area contributed by atoms with Crippen molar-refractivity contribution in [3.8, 4) is 0 Å². The standard InChI is InChI=1S/C30H44Cl2N4O4/c1-5-9-36(10-6-2)28(39)22-14-21(27(34)38)16-30(17-22,29(40)35-8-7-19(3)4)18-26(37)25(33)13-20-11-23(31)15-24(32)12-20/h11-12,14-16,19,25-26,37H,5-10,13,17-18,33H2,1-4H3,(H2,34,38)(H,35,40)/t25-,26+,30?/m0/s1. The molecule has 0 aromatic heterocycles. The van der Waals surface area contributed by atoms with Crippen LogP contribution in [0.25, 0.3) is 0 Å². The molecule has 2 rings (SSSR count). The van der Waals surface area contributed by atoms with E-state index in [1.165, 1.54) is 12.2 Å². The van der Waals surface area contributed by atoms with Crippen LogP contribution in [0.5, 0.6) is 0 Å². The quantitative estimate of drug-likeness (QED) is 0.241. The first kappa shape index (κ1) is 33.8. The number of amides is 3. The van der Waals surface area contributed by atoms with Crippen molar-refractivity contribution in [2.45, 2.75) is 78.4 Å².